The van der Waals surface area contributed by atoms with Crippen molar-refractivity contribution in [2.24, 2.45) is 5.11 Å². The Morgan fingerprint density at radius 3 is 2.85 bits per heavy atom. The lowest BCUT2D eigenvalue weighted by atomic mass is 10.2. The van der Waals surface area contributed by atoms with Gasteiger partial charge in [0.05, 0.1) is 0 Å². The minimum atomic E-state index is -0.950. The van der Waals surface area contributed by atoms with E-state index in [1.165, 1.54) is 0 Å². The number of hydrogen-bond acceptors (Lipinski definition) is 3. The monoisotopic (exact) mass is 187 g/mol. The molecule has 6 heteroatoms. The summed E-state index contributed by atoms with van der Waals surface area (Å²) < 4.78 is 4.80. The first-order chi connectivity index (χ1) is 6.27. The van der Waals surface area contributed by atoms with Crippen LogP contribution in [0.25, 0.3) is 10.4 Å². The Morgan fingerprint density at radius 2 is 2.23 bits per heavy atom. The average molecular weight is 187 g/mol. The number of carboxylic acids is 1. The molecule has 0 aliphatic heterocycles. The summed E-state index contributed by atoms with van der Waals surface area (Å²) in [5, 5.41) is 11.6. The van der Waals surface area contributed by atoms with Gasteiger partial charge in [-0.15, -0.1) is 0 Å². The molecule has 0 aliphatic carbocycles. The molecule has 0 saturated heterocycles. The van der Waals surface area contributed by atoms with Crippen LogP contribution >= 0.6 is 0 Å². The standard InChI is InChI=1S/C7H13N3O3/c8-10-9-4-2-1-3-5-13-6-7(11)12/h1-6H2,(H,11,12). The van der Waals surface area contributed by atoms with Crippen LogP contribution in [0, 0.1) is 0 Å². The molecule has 0 aliphatic rings. The third kappa shape index (κ3) is 10.7. The molecule has 6 nitrogen and oxygen atoms in total. The van der Waals surface area contributed by atoms with Gasteiger partial charge in [0.2, 0.25) is 0 Å². The maximum absolute atomic E-state index is 9.99. The fourth-order valence-electron chi connectivity index (χ4n) is 0.768. The molecule has 0 atom stereocenters. The second-order valence-corrected chi connectivity index (χ2v) is 2.46. The molecule has 13 heavy (non-hydrogen) atoms. The average Bonchev–Trinajstić information content (AvgIpc) is 2.09. The molecule has 0 amide bonds. The zero-order valence-electron chi connectivity index (χ0n) is 7.35. The zero-order chi connectivity index (χ0) is 9.94. The van der Waals surface area contributed by atoms with E-state index in [0.29, 0.717) is 13.2 Å². The molecule has 0 fully saturated rings. The van der Waals surface area contributed by atoms with Gasteiger partial charge in [-0.2, -0.15) is 0 Å². The number of rotatable bonds is 8. The number of nitrogens with zero attached hydrogens (tertiary/aromatic N) is 3. The Labute approximate surface area is 76.1 Å². The molecule has 0 radical (unpaired) electrons. The van der Waals surface area contributed by atoms with E-state index < -0.39 is 5.97 Å². The van der Waals surface area contributed by atoms with Crippen LogP contribution in [0.4, 0.5) is 0 Å². The number of carbonyl (C=O) groups is 1. The van der Waals surface area contributed by atoms with Crippen molar-refractivity contribution in [2.75, 3.05) is 19.8 Å². The van der Waals surface area contributed by atoms with E-state index >= 15 is 0 Å². The van der Waals surface area contributed by atoms with Gasteiger partial charge in [0.25, 0.3) is 0 Å². The zero-order valence-corrected chi connectivity index (χ0v) is 7.35. The van der Waals surface area contributed by atoms with E-state index in [-0.39, 0.29) is 6.61 Å². The highest BCUT2D eigenvalue weighted by molar-refractivity contribution is 5.67. The molecule has 0 aromatic rings. The highest BCUT2D eigenvalue weighted by Gasteiger charge is 1.95. The smallest absolute Gasteiger partial charge is 0.329 e. The Balaban J connectivity index is 2.99. The van der Waals surface area contributed by atoms with Gasteiger partial charge in [-0.25, -0.2) is 4.79 Å². The van der Waals surface area contributed by atoms with E-state index in [1.54, 1.807) is 0 Å². The first kappa shape index (κ1) is 11.7. The second kappa shape index (κ2) is 8.83. The van der Waals surface area contributed by atoms with Gasteiger partial charge in [0.1, 0.15) is 6.61 Å². The van der Waals surface area contributed by atoms with Gasteiger partial charge in [-0.3, -0.25) is 0 Å². The number of hydrogen-bond donors (Lipinski definition) is 1. The summed E-state index contributed by atoms with van der Waals surface area (Å²) in [5.41, 5.74) is 7.94. The molecule has 0 unspecified atom stereocenters. The van der Waals surface area contributed by atoms with Crippen molar-refractivity contribution in [2.45, 2.75) is 19.3 Å². The highest BCUT2D eigenvalue weighted by atomic mass is 16.5. The summed E-state index contributed by atoms with van der Waals surface area (Å²) in [5.74, 6) is -0.950. The third-order valence-corrected chi connectivity index (χ3v) is 1.34. The van der Waals surface area contributed by atoms with Crippen LogP contribution in [0.1, 0.15) is 19.3 Å². The van der Waals surface area contributed by atoms with Gasteiger partial charge in [-0.05, 0) is 18.4 Å². The Bertz CT molecular complexity index is 183. The fourth-order valence-corrected chi connectivity index (χ4v) is 0.768. The SMILES string of the molecule is [N-]=[N+]=NCCCCCOCC(=O)O. The summed E-state index contributed by atoms with van der Waals surface area (Å²) in [7, 11) is 0. The van der Waals surface area contributed by atoms with Crippen molar-refractivity contribution in [3.05, 3.63) is 10.4 Å². The van der Waals surface area contributed by atoms with Crippen molar-refractivity contribution in [1.29, 1.82) is 0 Å². The molecule has 0 saturated carbocycles. The van der Waals surface area contributed by atoms with Crippen molar-refractivity contribution in [1.82, 2.24) is 0 Å². The van der Waals surface area contributed by atoms with Gasteiger partial charge in [0.15, 0.2) is 0 Å². The van der Waals surface area contributed by atoms with Crippen molar-refractivity contribution in [3.63, 3.8) is 0 Å². The molecule has 0 bridgehead atoms. The maximum Gasteiger partial charge on any atom is 0.329 e. The summed E-state index contributed by atoms with van der Waals surface area (Å²) in [6.45, 7) is 0.703. The van der Waals surface area contributed by atoms with E-state index in [2.05, 4.69) is 10.0 Å². The van der Waals surface area contributed by atoms with Crippen LogP contribution in [-0.4, -0.2) is 30.8 Å². The molecule has 0 spiro atoms. The van der Waals surface area contributed by atoms with Crippen molar-refractivity contribution < 1.29 is 14.6 Å². The molecule has 0 heterocycles. The van der Waals surface area contributed by atoms with Gasteiger partial charge in [0, 0.05) is 18.1 Å². The Hall–Kier alpha value is -1.26. The minimum Gasteiger partial charge on any atom is -0.480 e. The predicted octanol–water partition coefficient (Wildman–Crippen LogP) is 1.57. The number of aliphatic carboxylic acids is 1. The van der Waals surface area contributed by atoms with Crippen LogP contribution in [0.2, 0.25) is 0 Å². The van der Waals surface area contributed by atoms with Crippen molar-refractivity contribution in [3.8, 4) is 0 Å². The Kier molecular flexibility index (Phi) is 7.98. The van der Waals surface area contributed by atoms with Crippen molar-refractivity contribution >= 4 is 5.97 Å². The summed E-state index contributed by atoms with van der Waals surface area (Å²) in [6.07, 6.45) is 2.51. The highest BCUT2D eigenvalue weighted by Crippen LogP contribution is 1.96. The lowest BCUT2D eigenvalue weighted by molar-refractivity contribution is -0.142. The lowest BCUT2D eigenvalue weighted by Gasteiger charge is -1.99. The van der Waals surface area contributed by atoms with Gasteiger partial charge in [-0.1, -0.05) is 11.5 Å². The summed E-state index contributed by atoms with van der Waals surface area (Å²) >= 11 is 0. The van der Waals surface area contributed by atoms with E-state index in [9.17, 15) is 4.79 Å². The van der Waals surface area contributed by atoms with Crippen LogP contribution in [0.3, 0.4) is 0 Å². The topological polar surface area (TPSA) is 95.3 Å². The van der Waals surface area contributed by atoms with Gasteiger partial charge >= 0.3 is 5.97 Å². The fraction of sp³-hybridized carbons (Fsp3) is 0.857. The summed E-state index contributed by atoms with van der Waals surface area (Å²) in [6, 6.07) is 0. The molecule has 0 rings (SSSR count). The van der Waals surface area contributed by atoms with E-state index in [4.69, 9.17) is 15.4 Å². The predicted molar refractivity (Wildman–Crippen MR) is 46.3 cm³/mol. The minimum absolute atomic E-state index is 0.240. The normalized spacial score (nSPS) is 9.23. The maximum atomic E-state index is 9.99. The number of carboxylic acid groups (broad SMARTS) is 1. The molecule has 0 aromatic heterocycles. The van der Waals surface area contributed by atoms with Crippen LogP contribution in [-0.2, 0) is 9.53 Å². The summed E-state index contributed by atoms with van der Waals surface area (Å²) in [4.78, 5) is 12.6. The lowest BCUT2D eigenvalue weighted by Crippen LogP contribution is -2.07. The van der Waals surface area contributed by atoms with Gasteiger partial charge < -0.3 is 9.84 Å². The molecule has 1 N–H and O–H groups in total. The Morgan fingerprint density at radius 1 is 1.46 bits per heavy atom. The van der Waals surface area contributed by atoms with Crippen LogP contribution in [0.5, 0.6) is 0 Å². The third-order valence-electron chi connectivity index (χ3n) is 1.34. The molecule has 74 valence electrons. The molecular formula is C7H13N3O3. The first-order valence-electron chi connectivity index (χ1n) is 4.07. The van der Waals surface area contributed by atoms with Crippen LogP contribution < -0.4 is 0 Å². The van der Waals surface area contributed by atoms with E-state index in [0.717, 1.165) is 19.3 Å². The molecular weight excluding hydrogens is 174 g/mol. The quantitative estimate of drug-likeness (QED) is 0.270. The number of ether oxygens (including phenoxy) is 1. The number of azide groups is 1. The second-order valence-electron chi connectivity index (χ2n) is 2.46. The van der Waals surface area contributed by atoms with Crippen LogP contribution in [0.15, 0.2) is 5.11 Å². The largest absolute Gasteiger partial charge is 0.480 e. The first-order valence-corrected chi connectivity index (χ1v) is 4.07. The molecule has 0 aromatic carbocycles. The number of unbranched alkanes of at least 4 members (excludes halogenated alkanes) is 2. The van der Waals surface area contributed by atoms with E-state index in [1.807, 2.05) is 0 Å².